The number of rotatable bonds is 5. The summed E-state index contributed by atoms with van der Waals surface area (Å²) in [5.41, 5.74) is 6.78. The van der Waals surface area contributed by atoms with E-state index in [0.29, 0.717) is 0 Å². The van der Waals surface area contributed by atoms with Crippen molar-refractivity contribution in [3.05, 3.63) is 24.3 Å². The molecular weight excluding hydrogens is 178 g/mol. The number of methoxy groups -OCH3 is 1. The third kappa shape index (κ3) is 3.40. The Bertz CT molecular complexity index is 253. The zero-order valence-electron chi connectivity index (χ0n) is 8.68. The van der Waals surface area contributed by atoms with Gasteiger partial charge < -0.3 is 10.5 Å². The summed E-state index contributed by atoms with van der Waals surface area (Å²) >= 11 is 0. The highest BCUT2D eigenvalue weighted by Crippen LogP contribution is 2.13. The molecule has 2 atom stereocenters. The maximum Gasteiger partial charge on any atom is 0.0753 e. The molecule has 0 amide bonds. The molecule has 2 unspecified atom stereocenters. The fourth-order valence-corrected chi connectivity index (χ4v) is 1.18. The van der Waals surface area contributed by atoms with E-state index in [1.165, 1.54) is 0 Å². The first-order valence-corrected chi connectivity index (χ1v) is 4.78. The lowest BCUT2D eigenvalue weighted by Gasteiger charge is -2.13. The number of ether oxygens (including phenoxy) is 1. The van der Waals surface area contributed by atoms with Gasteiger partial charge in [-0.05, 0) is 19.8 Å². The van der Waals surface area contributed by atoms with E-state index in [-0.39, 0.29) is 12.1 Å². The second-order valence-electron chi connectivity index (χ2n) is 3.36. The molecule has 0 spiro atoms. The van der Waals surface area contributed by atoms with Gasteiger partial charge in [0.1, 0.15) is 0 Å². The molecule has 78 valence electrons. The lowest BCUT2D eigenvalue weighted by Crippen LogP contribution is -2.15. The predicted octanol–water partition coefficient (Wildman–Crippen LogP) is 1.29. The zero-order valence-corrected chi connectivity index (χ0v) is 8.68. The number of nitrogens with two attached hydrogens (primary N) is 1. The van der Waals surface area contributed by atoms with Crippen molar-refractivity contribution in [1.82, 2.24) is 9.97 Å². The fourth-order valence-electron chi connectivity index (χ4n) is 1.18. The molecule has 1 rings (SSSR count). The smallest absolute Gasteiger partial charge is 0.0753 e. The average molecular weight is 195 g/mol. The van der Waals surface area contributed by atoms with Crippen LogP contribution >= 0.6 is 0 Å². The molecule has 0 saturated heterocycles. The SMILES string of the molecule is COC(C)CCC(N)c1cnccn1. The van der Waals surface area contributed by atoms with E-state index in [1.54, 1.807) is 25.7 Å². The van der Waals surface area contributed by atoms with E-state index in [4.69, 9.17) is 10.5 Å². The summed E-state index contributed by atoms with van der Waals surface area (Å²) in [6.07, 6.45) is 7.07. The molecule has 0 fully saturated rings. The monoisotopic (exact) mass is 195 g/mol. The first-order valence-electron chi connectivity index (χ1n) is 4.78. The van der Waals surface area contributed by atoms with E-state index < -0.39 is 0 Å². The third-order valence-electron chi connectivity index (χ3n) is 2.25. The first-order chi connectivity index (χ1) is 6.74. The van der Waals surface area contributed by atoms with Crippen LogP contribution in [0.1, 0.15) is 31.5 Å². The molecule has 2 N–H and O–H groups in total. The number of hydrogen-bond acceptors (Lipinski definition) is 4. The molecule has 0 radical (unpaired) electrons. The Morgan fingerprint density at radius 2 is 2.21 bits per heavy atom. The molecular formula is C10H17N3O. The van der Waals surface area contributed by atoms with Gasteiger partial charge in [0.25, 0.3) is 0 Å². The summed E-state index contributed by atoms with van der Waals surface area (Å²) in [7, 11) is 1.71. The molecule has 0 aliphatic rings. The highest BCUT2D eigenvalue weighted by Gasteiger charge is 2.09. The number of nitrogens with zero attached hydrogens (tertiary/aromatic N) is 2. The van der Waals surface area contributed by atoms with Crippen molar-refractivity contribution in [1.29, 1.82) is 0 Å². The molecule has 1 heterocycles. The van der Waals surface area contributed by atoms with Gasteiger partial charge in [-0.2, -0.15) is 0 Å². The minimum absolute atomic E-state index is 0.0405. The standard InChI is InChI=1S/C10H17N3O/c1-8(14-2)3-4-9(11)10-7-12-5-6-13-10/h5-9H,3-4,11H2,1-2H3. The summed E-state index contributed by atoms with van der Waals surface area (Å²) < 4.78 is 5.14. The van der Waals surface area contributed by atoms with Crippen LogP contribution in [0.3, 0.4) is 0 Å². The number of aromatic nitrogens is 2. The molecule has 0 aliphatic carbocycles. The van der Waals surface area contributed by atoms with Gasteiger partial charge in [-0.1, -0.05) is 0 Å². The predicted molar refractivity (Wildman–Crippen MR) is 54.7 cm³/mol. The zero-order chi connectivity index (χ0) is 10.4. The Morgan fingerprint density at radius 1 is 1.43 bits per heavy atom. The maximum absolute atomic E-state index is 5.94. The van der Waals surface area contributed by atoms with Gasteiger partial charge in [0.15, 0.2) is 0 Å². The van der Waals surface area contributed by atoms with E-state index in [1.807, 2.05) is 6.92 Å². The topological polar surface area (TPSA) is 61.0 Å². The van der Waals surface area contributed by atoms with Crippen LogP contribution in [0.5, 0.6) is 0 Å². The first kappa shape index (κ1) is 11.1. The second kappa shape index (κ2) is 5.67. The molecule has 1 aromatic rings. The van der Waals surface area contributed by atoms with Crippen LogP contribution in [0, 0.1) is 0 Å². The Hall–Kier alpha value is -1.00. The van der Waals surface area contributed by atoms with Crippen molar-refractivity contribution in [2.45, 2.75) is 31.9 Å². The quantitative estimate of drug-likeness (QED) is 0.769. The largest absolute Gasteiger partial charge is 0.382 e. The maximum atomic E-state index is 5.94. The fraction of sp³-hybridized carbons (Fsp3) is 0.600. The highest BCUT2D eigenvalue weighted by atomic mass is 16.5. The summed E-state index contributed by atoms with van der Waals surface area (Å²) in [6, 6.07) is -0.0405. The Kier molecular flexibility index (Phi) is 4.49. The van der Waals surface area contributed by atoms with Crippen molar-refractivity contribution in [2.24, 2.45) is 5.73 Å². The Balaban J connectivity index is 2.39. The van der Waals surface area contributed by atoms with Gasteiger partial charge in [0, 0.05) is 31.7 Å². The summed E-state index contributed by atoms with van der Waals surface area (Å²) in [4.78, 5) is 8.13. The minimum Gasteiger partial charge on any atom is -0.382 e. The average Bonchev–Trinajstić information content (AvgIpc) is 2.26. The van der Waals surface area contributed by atoms with Gasteiger partial charge in [-0.3, -0.25) is 9.97 Å². The highest BCUT2D eigenvalue weighted by molar-refractivity contribution is 5.00. The molecule has 0 aliphatic heterocycles. The van der Waals surface area contributed by atoms with Crippen molar-refractivity contribution < 1.29 is 4.74 Å². The molecule has 0 saturated carbocycles. The van der Waals surface area contributed by atoms with E-state index in [2.05, 4.69) is 9.97 Å². The minimum atomic E-state index is -0.0405. The van der Waals surface area contributed by atoms with Crippen LogP contribution in [0.2, 0.25) is 0 Å². The van der Waals surface area contributed by atoms with Gasteiger partial charge in [0.2, 0.25) is 0 Å². The normalized spacial score (nSPS) is 15.1. The summed E-state index contributed by atoms with van der Waals surface area (Å²) in [5, 5.41) is 0. The van der Waals surface area contributed by atoms with Gasteiger partial charge in [-0.25, -0.2) is 0 Å². The molecule has 0 bridgehead atoms. The molecule has 1 aromatic heterocycles. The molecule has 4 nitrogen and oxygen atoms in total. The molecule has 0 aromatic carbocycles. The van der Waals surface area contributed by atoms with Crippen molar-refractivity contribution in [3.8, 4) is 0 Å². The van der Waals surface area contributed by atoms with Gasteiger partial charge >= 0.3 is 0 Å². The second-order valence-corrected chi connectivity index (χ2v) is 3.36. The van der Waals surface area contributed by atoms with Gasteiger partial charge in [-0.15, -0.1) is 0 Å². The third-order valence-corrected chi connectivity index (χ3v) is 2.25. The van der Waals surface area contributed by atoms with E-state index in [0.717, 1.165) is 18.5 Å². The molecule has 14 heavy (non-hydrogen) atoms. The van der Waals surface area contributed by atoms with Crippen molar-refractivity contribution in [2.75, 3.05) is 7.11 Å². The van der Waals surface area contributed by atoms with Crippen LogP contribution in [0.25, 0.3) is 0 Å². The van der Waals surface area contributed by atoms with Crippen LogP contribution in [-0.4, -0.2) is 23.2 Å². The summed E-state index contributed by atoms with van der Waals surface area (Å²) in [5.74, 6) is 0. The van der Waals surface area contributed by atoms with Crippen LogP contribution in [0.4, 0.5) is 0 Å². The lowest BCUT2D eigenvalue weighted by molar-refractivity contribution is 0.107. The lowest BCUT2D eigenvalue weighted by atomic mass is 10.1. The Morgan fingerprint density at radius 3 is 2.79 bits per heavy atom. The van der Waals surface area contributed by atoms with Crippen molar-refractivity contribution in [3.63, 3.8) is 0 Å². The van der Waals surface area contributed by atoms with E-state index >= 15 is 0 Å². The van der Waals surface area contributed by atoms with E-state index in [9.17, 15) is 0 Å². The van der Waals surface area contributed by atoms with Crippen LogP contribution < -0.4 is 5.73 Å². The Labute approximate surface area is 84.5 Å². The number of hydrogen-bond donors (Lipinski definition) is 1. The van der Waals surface area contributed by atoms with Crippen LogP contribution in [0.15, 0.2) is 18.6 Å². The summed E-state index contributed by atoms with van der Waals surface area (Å²) in [6.45, 7) is 2.03. The van der Waals surface area contributed by atoms with Crippen LogP contribution in [-0.2, 0) is 4.74 Å². The molecule has 4 heteroatoms. The van der Waals surface area contributed by atoms with Gasteiger partial charge in [0.05, 0.1) is 11.8 Å². The van der Waals surface area contributed by atoms with Crippen molar-refractivity contribution >= 4 is 0 Å².